The molecule has 0 saturated carbocycles. The van der Waals surface area contributed by atoms with Crippen LogP contribution in [0.4, 0.5) is 5.69 Å². The molecule has 0 atom stereocenters. The predicted molar refractivity (Wildman–Crippen MR) is 119 cm³/mol. The molecule has 2 rings (SSSR count). The van der Waals surface area contributed by atoms with Crippen molar-refractivity contribution in [3.8, 4) is 0 Å². The van der Waals surface area contributed by atoms with Gasteiger partial charge in [-0.2, -0.15) is 0 Å². The van der Waals surface area contributed by atoms with Gasteiger partial charge >= 0.3 is 0 Å². The number of benzene rings is 1. The molecule has 4 heteroatoms. The summed E-state index contributed by atoms with van der Waals surface area (Å²) in [5.74, 6) is 0. The van der Waals surface area contributed by atoms with Crippen LogP contribution in [0, 0.1) is 5.41 Å². The van der Waals surface area contributed by atoms with Gasteiger partial charge in [-0.15, -0.1) is 12.6 Å². The fourth-order valence-corrected chi connectivity index (χ4v) is 3.92. The van der Waals surface area contributed by atoms with Crippen LogP contribution in [0.25, 0.3) is 11.6 Å². The summed E-state index contributed by atoms with van der Waals surface area (Å²) in [6.45, 7) is 12.1. The van der Waals surface area contributed by atoms with Crippen molar-refractivity contribution in [3.63, 3.8) is 0 Å². The molecule has 0 unspecified atom stereocenters. The van der Waals surface area contributed by atoms with Gasteiger partial charge in [-0.05, 0) is 69.9 Å². The molecular weight excluding hydrogens is 338 g/mol. The van der Waals surface area contributed by atoms with E-state index >= 15 is 0 Å². The highest BCUT2D eigenvalue weighted by Crippen LogP contribution is 2.33. The summed E-state index contributed by atoms with van der Waals surface area (Å²) < 4.78 is 0. The fourth-order valence-electron chi connectivity index (χ4n) is 3.60. The zero-order valence-corrected chi connectivity index (χ0v) is 17.3. The maximum atomic E-state index is 8.11. The van der Waals surface area contributed by atoms with Crippen LogP contribution in [0.1, 0.15) is 51.2 Å². The Hall–Kier alpha value is -1.94. The normalized spacial score (nSPS) is 14.8. The van der Waals surface area contributed by atoms with Crippen LogP contribution >= 0.6 is 12.6 Å². The summed E-state index contributed by atoms with van der Waals surface area (Å²) in [6, 6.07) is 4.18. The van der Waals surface area contributed by atoms with E-state index in [1.165, 1.54) is 19.3 Å². The summed E-state index contributed by atoms with van der Waals surface area (Å²) in [4.78, 5) is 3.31. The van der Waals surface area contributed by atoms with E-state index in [4.69, 9.17) is 18.0 Å². The lowest BCUT2D eigenvalue weighted by Crippen LogP contribution is -2.28. The first-order valence-electron chi connectivity index (χ1n) is 9.26. The van der Waals surface area contributed by atoms with E-state index in [1.54, 1.807) is 0 Å². The first kappa shape index (κ1) is 20.4. The Morgan fingerprint density at radius 3 is 2.35 bits per heavy atom. The second-order valence-corrected chi connectivity index (χ2v) is 7.51. The standard InChI is InChI=1S/C22H31N3S/c1-6-18(25-10-8-7-9-11-25)14-19-20(24-5)12-17(13-21(19)26)22(15(2)3)16(4)23/h6,12-14,23-24,26H,1,7-11H2,2-5H3/b18-14+,23-16?. The molecule has 1 aliphatic heterocycles. The summed E-state index contributed by atoms with van der Waals surface area (Å²) >= 11 is 4.77. The van der Waals surface area contributed by atoms with E-state index < -0.39 is 0 Å². The van der Waals surface area contributed by atoms with Crippen molar-refractivity contribution in [3.05, 3.63) is 47.2 Å². The number of likely N-dealkylation sites (tertiary alicyclic amines) is 1. The van der Waals surface area contributed by atoms with Crippen LogP contribution in [-0.4, -0.2) is 30.7 Å². The van der Waals surface area contributed by atoms with Crippen molar-refractivity contribution in [2.75, 3.05) is 25.5 Å². The average Bonchev–Trinajstić information content (AvgIpc) is 2.60. The number of piperidine rings is 1. The summed E-state index contributed by atoms with van der Waals surface area (Å²) in [6.07, 6.45) is 7.90. The second-order valence-electron chi connectivity index (χ2n) is 7.03. The van der Waals surface area contributed by atoms with Gasteiger partial charge in [0, 0.05) is 53.3 Å². The van der Waals surface area contributed by atoms with Gasteiger partial charge in [0.15, 0.2) is 0 Å². The van der Waals surface area contributed by atoms with Gasteiger partial charge in [-0.1, -0.05) is 12.2 Å². The van der Waals surface area contributed by atoms with Crippen molar-refractivity contribution >= 4 is 35.7 Å². The smallest absolute Gasteiger partial charge is 0.0429 e. The molecule has 1 fully saturated rings. The van der Waals surface area contributed by atoms with E-state index in [0.717, 1.165) is 51.6 Å². The molecule has 0 radical (unpaired) electrons. The van der Waals surface area contributed by atoms with Gasteiger partial charge in [0.25, 0.3) is 0 Å². The topological polar surface area (TPSA) is 39.1 Å². The Morgan fingerprint density at radius 2 is 1.85 bits per heavy atom. The molecule has 1 aromatic carbocycles. The van der Waals surface area contributed by atoms with Crippen LogP contribution in [-0.2, 0) is 0 Å². The zero-order valence-electron chi connectivity index (χ0n) is 16.4. The van der Waals surface area contributed by atoms with Crippen LogP contribution in [0.2, 0.25) is 0 Å². The first-order valence-corrected chi connectivity index (χ1v) is 9.71. The lowest BCUT2D eigenvalue weighted by atomic mass is 9.95. The summed E-state index contributed by atoms with van der Waals surface area (Å²) in [5, 5.41) is 11.4. The molecule has 0 spiro atoms. The average molecular weight is 370 g/mol. The number of hydrogen-bond donors (Lipinski definition) is 3. The maximum Gasteiger partial charge on any atom is 0.0429 e. The molecule has 3 nitrogen and oxygen atoms in total. The lowest BCUT2D eigenvalue weighted by Gasteiger charge is -2.30. The van der Waals surface area contributed by atoms with Crippen molar-refractivity contribution in [1.29, 1.82) is 5.41 Å². The van der Waals surface area contributed by atoms with Gasteiger partial charge in [-0.25, -0.2) is 0 Å². The minimum atomic E-state index is 0.572. The minimum Gasteiger partial charge on any atom is -0.388 e. The molecule has 140 valence electrons. The van der Waals surface area contributed by atoms with Gasteiger partial charge in [0.1, 0.15) is 0 Å². The van der Waals surface area contributed by atoms with E-state index in [-0.39, 0.29) is 0 Å². The molecule has 1 aromatic rings. The SMILES string of the molecule is C=C/C(=C\c1c(S)cc(C(C(C)=N)=C(C)C)cc1NC)N1CCCCC1. The highest BCUT2D eigenvalue weighted by Gasteiger charge is 2.15. The van der Waals surface area contributed by atoms with Gasteiger partial charge in [0.05, 0.1) is 0 Å². The molecule has 1 aliphatic rings. The number of allylic oxidation sites excluding steroid dienone is 3. The Kier molecular flexibility index (Phi) is 7.15. The molecule has 26 heavy (non-hydrogen) atoms. The van der Waals surface area contributed by atoms with Crippen molar-refractivity contribution in [1.82, 2.24) is 4.90 Å². The van der Waals surface area contributed by atoms with E-state index in [0.29, 0.717) is 5.71 Å². The minimum absolute atomic E-state index is 0.572. The molecular formula is C22H31N3S. The third kappa shape index (κ3) is 4.61. The van der Waals surface area contributed by atoms with Gasteiger partial charge < -0.3 is 15.6 Å². The van der Waals surface area contributed by atoms with Gasteiger partial charge in [-0.3, -0.25) is 0 Å². The van der Waals surface area contributed by atoms with Crippen LogP contribution in [0.3, 0.4) is 0 Å². The zero-order chi connectivity index (χ0) is 19.3. The summed E-state index contributed by atoms with van der Waals surface area (Å²) in [5.41, 5.74) is 6.95. The fraction of sp³-hybridized carbons (Fsp3) is 0.409. The van der Waals surface area contributed by atoms with E-state index in [2.05, 4.69) is 35.0 Å². The van der Waals surface area contributed by atoms with E-state index in [1.807, 2.05) is 33.9 Å². The van der Waals surface area contributed by atoms with Crippen LogP contribution < -0.4 is 5.32 Å². The molecule has 1 heterocycles. The highest BCUT2D eigenvalue weighted by molar-refractivity contribution is 7.80. The Balaban J connectivity index is 2.53. The number of rotatable bonds is 6. The number of nitrogens with zero attached hydrogens (tertiary/aromatic N) is 1. The van der Waals surface area contributed by atoms with Crippen molar-refractivity contribution in [2.45, 2.75) is 44.9 Å². The predicted octanol–water partition coefficient (Wildman–Crippen LogP) is 5.86. The number of thiol groups is 1. The number of nitrogens with one attached hydrogen (secondary N) is 2. The van der Waals surface area contributed by atoms with Gasteiger partial charge in [0.2, 0.25) is 0 Å². The van der Waals surface area contributed by atoms with E-state index in [9.17, 15) is 0 Å². The number of anilines is 1. The third-order valence-electron chi connectivity index (χ3n) is 4.81. The lowest BCUT2D eigenvalue weighted by molar-refractivity contribution is 0.295. The number of hydrogen-bond acceptors (Lipinski definition) is 4. The molecule has 0 aliphatic carbocycles. The maximum absolute atomic E-state index is 8.11. The van der Waals surface area contributed by atoms with Crippen molar-refractivity contribution < 1.29 is 0 Å². The van der Waals surface area contributed by atoms with Crippen LogP contribution in [0.15, 0.2) is 41.0 Å². The monoisotopic (exact) mass is 369 g/mol. The molecule has 2 N–H and O–H groups in total. The first-order chi connectivity index (χ1) is 12.4. The molecule has 0 aromatic heterocycles. The molecule has 0 bridgehead atoms. The molecule has 0 amide bonds. The Bertz CT molecular complexity index is 749. The molecule has 1 saturated heterocycles. The van der Waals surface area contributed by atoms with Crippen LogP contribution in [0.5, 0.6) is 0 Å². The van der Waals surface area contributed by atoms with Crippen molar-refractivity contribution in [2.24, 2.45) is 0 Å². The Labute approximate surface area is 163 Å². The second kappa shape index (κ2) is 9.13. The quantitative estimate of drug-likeness (QED) is 0.334. The summed E-state index contributed by atoms with van der Waals surface area (Å²) in [7, 11) is 1.93. The largest absolute Gasteiger partial charge is 0.388 e. The highest BCUT2D eigenvalue weighted by atomic mass is 32.1. The third-order valence-corrected chi connectivity index (χ3v) is 5.18. The Morgan fingerprint density at radius 1 is 1.19 bits per heavy atom.